The summed E-state index contributed by atoms with van der Waals surface area (Å²) in [5.41, 5.74) is 1.63. The molecule has 162 valence electrons. The molecule has 0 spiro atoms. The number of nitrogens with zero attached hydrogens (tertiary/aromatic N) is 3. The van der Waals surface area contributed by atoms with E-state index in [-0.39, 0.29) is 18.4 Å². The van der Waals surface area contributed by atoms with Crippen molar-refractivity contribution in [2.24, 2.45) is 0 Å². The Bertz CT molecular complexity index is 1100. The Hall–Kier alpha value is -2.75. The van der Waals surface area contributed by atoms with Gasteiger partial charge in [0.2, 0.25) is 5.91 Å². The summed E-state index contributed by atoms with van der Waals surface area (Å²) in [5.74, 6) is 1.45. The predicted molar refractivity (Wildman–Crippen MR) is 122 cm³/mol. The minimum absolute atomic E-state index is 0.0595. The third-order valence-electron chi connectivity index (χ3n) is 5.82. The zero-order valence-corrected chi connectivity index (χ0v) is 17.8. The number of hydrogen-bond donors (Lipinski definition) is 4. The summed E-state index contributed by atoms with van der Waals surface area (Å²) in [6.07, 6.45) is 2.93. The first-order valence-corrected chi connectivity index (χ1v) is 11.4. The van der Waals surface area contributed by atoms with E-state index in [9.17, 15) is 15.0 Å². The second-order valence-electron chi connectivity index (χ2n) is 8.22. The van der Waals surface area contributed by atoms with E-state index < -0.39 is 6.10 Å². The maximum absolute atomic E-state index is 12.1. The van der Waals surface area contributed by atoms with Gasteiger partial charge in [-0.15, -0.1) is 0 Å². The molecule has 1 aliphatic carbocycles. The molecule has 9 heteroatoms. The van der Waals surface area contributed by atoms with Gasteiger partial charge in [-0.05, 0) is 56.0 Å². The topological polar surface area (TPSA) is 111 Å². The van der Waals surface area contributed by atoms with Gasteiger partial charge < -0.3 is 25.7 Å². The number of thiazole rings is 1. The molecule has 3 heterocycles. The number of rotatable bonds is 5. The van der Waals surface area contributed by atoms with Crippen LogP contribution in [-0.4, -0.2) is 50.9 Å². The van der Waals surface area contributed by atoms with Crippen molar-refractivity contribution in [3.05, 3.63) is 36.4 Å². The van der Waals surface area contributed by atoms with E-state index in [1.54, 1.807) is 4.90 Å². The van der Waals surface area contributed by atoms with Gasteiger partial charge in [0.25, 0.3) is 0 Å². The number of carbonyl (C=O) groups is 1. The van der Waals surface area contributed by atoms with Crippen molar-refractivity contribution < 1.29 is 15.0 Å². The molecule has 2 aromatic heterocycles. The van der Waals surface area contributed by atoms with Crippen LogP contribution < -0.4 is 15.5 Å². The minimum Gasteiger partial charge on any atom is -0.393 e. The molecule has 1 aromatic carbocycles. The molecule has 5 rings (SSSR count). The van der Waals surface area contributed by atoms with Crippen LogP contribution in [0.3, 0.4) is 0 Å². The highest BCUT2D eigenvalue weighted by molar-refractivity contribution is 7.22. The third kappa shape index (κ3) is 4.48. The summed E-state index contributed by atoms with van der Waals surface area (Å²) < 4.78 is 0.962. The zero-order chi connectivity index (χ0) is 21.4. The molecule has 2 fully saturated rings. The van der Waals surface area contributed by atoms with Crippen LogP contribution in [0.5, 0.6) is 0 Å². The highest BCUT2D eigenvalue weighted by atomic mass is 32.1. The normalized spacial score (nSPS) is 24.0. The second-order valence-corrected chi connectivity index (χ2v) is 9.25. The fraction of sp³-hybridized carbons (Fsp3) is 0.409. The van der Waals surface area contributed by atoms with Crippen LogP contribution in [0.15, 0.2) is 36.4 Å². The van der Waals surface area contributed by atoms with Crippen molar-refractivity contribution in [1.29, 1.82) is 0 Å². The van der Waals surface area contributed by atoms with Crippen LogP contribution in [0.1, 0.15) is 32.1 Å². The Morgan fingerprint density at radius 3 is 2.58 bits per heavy atom. The maximum Gasteiger partial charge on any atom is 0.229 e. The van der Waals surface area contributed by atoms with Crippen LogP contribution >= 0.6 is 11.3 Å². The lowest BCUT2D eigenvalue weighted by atomic mass is 9.93. The molecule has 31 heavy (non-hydrogen) atoms. The molecule has 4 N–H and O–H groups in total. The zero-order valence-electron chi connectivity index (χ0n) is 17.0. The summed E-state index contributed by atoms with van der Waals surface area (Å²) in [7, 11) is 0. The number of benzene rings is 1. The molecule has 1 saturated carbocycles. The molecule has 3 aromatic rings. The van der Waals surface area contributed by atoms with Gasteiger partial charge in [0.05, 0.1) is 35.4 Å². The van der Waals surface area contributed by atoms with Gasteiger partial charge in [0.15, 0.2) is 5.13 Å². The molecule has 1 amide bonds. The largest absolute Gasteiger partial charge is 0.393 e. The summed E-state index contributed by atoms with van der Waals surface area (Å²) in [5, 5.41) is 26.9. The number of aromatic nitrogens is 2. The van der Waals surface area contributed by atoms with E-state index in [2.05, 4.69) is 20.6 Å². The number of anilines is 4. The van der Waals surface area contributed by atoms with Crippen LogP contribution in [0, 0.1) is 0 Å². The van der Waals surface area contributed by atoms with Crippen molar-refractivity contribution in [1.82, 2.24) is 9.97 Å². The van der Waals surface area contributed by atoms with E-state index >= 15 is 0 Å². The molecule has 1 saturated heterocycles. The number of aliphatic hydroxyl groups is 2. The maximum atomic E-state index is 12.1. The first-order valence-electron chi connectivity index (χ1n) is 10.6. The van der Waals surface area contributed by atoms with E-state index in [4.69, 9.17) is 0 Å². The lowest BCUT2D eigenvalue weighted by molar-refractivity contribution is -0.117. The van der Waals surface area contributed by atoms with Crippen LogP contribution in [0.2, 0.25) is 0 Å². The van der Waals surface area contributed by atoms with E-state index in [1.807, 2.05) is 36.4 Å². The number of hydrogen-bond acceptors (Lipinski definition) is 8. The first kappa shape index (κ1) is 20.2. The van der Waals surface area contributed by atoms with Gasteiger partial charge in [0, 0.05) is 11.7 Å². The van der Waals surface area contributed by atoms with Gasteiger partial charge in [-0.3, -0.25) is 4.79 Å². The minimum atomic E-state index is -0.604. The predicted octanol–water partition coefficient (Wildman–Crippen LogP) is 3.25. The lowest BCUT2D eigenvalue weighted by Gasteiger charge is -2.26. The van der Waals surface area contributed by atoms with E-state index in [0.717, 1.165) is 52.5 Å². The summed E-state index contributed by atoms with van der Waals surface area (Å²) in [4.78, 5) is 23.0. The molecular formula is C22H25N5O3S. The van der Waals surface area contributed by atoms with Crippen molar-refractivity contribution in [2.75, 3.05) is 22.1 Å². The number of aliphatic hydroxyl groups excluding tert-OH is 2. The summed E-state index contributed by atoms with van der Waals surface area (Å²) in [6.45, 7) is 0.331. The number of pyridine rings is 1. The average molecular weight is 440 g/mol. The number of amides is 1. The highest BCUT2D eigenvalue weighted by Crippen LogP contribution is 2.32. The second kappa shape index (κ2) is 8.41. The molecule has 0 bridgehead atoms. The van der Waals surface area contributed by atoms with Gasteiger partial charge in [-0.1, -0.05) is 17.4 Å². The molecule has 2 aliphatic rings. The Morgan fingerprint density at radius 1 is 1.00 bits per heavy atom. The monoisotopic (exact) mass is 439 g/mol. The molecule has 0 unspecified atom stereocenters. The quantitative estimate of drug-likeness (QED) is 0.483. The Kier molecular flexibility index (Phi) is 5.47. The average Bonchev–Trinajstić information content (AvgIpc) is 3.30. The fourth-order valence-corrected chi connectivity index (χ4v) is 5.10. The Morgan fingerprint density at radius 2 is 1.81 bits per heavy atom. The smallest absolute Gasteiger partial charge is 0.229 e. The van der Waals surface area contributed by atoms with Gasteiger partial charge in [-0.2, -0.15) is 0 Å². The molecule has 8 nitrogen and oxygen atoms in total. The number of β-amino-alcohol motifs (C(OH)–C–C–N with tert-alkyl or cyclic N) is 1. The van der Waals surface area contributed by atoms with Crippen LogP contribution in [-0.2, 0) is 4.79 Å². The number of fused-ring (bicyclic) bond motifs is 1. The van der Waals surface area contributed by atoms with Crippen molar-refractivity contribution in [3.8, 4) is 0 Å². The van der Waals surface area contributed by atoms with Gasteiger partial charge in [0.1, 0.15) is 11.6 Å². The number of nitrogens with one attached hydrogen (secondary N) is 2. The SMILES string of the molecule is O=C1C[C@@H](O)CN1c1ccc2nc(Nc3cccc(NC4CCC(O)CC4)n3)sc2c1. The summed E-state index contributed by atoms with van der Waals surface area (Å²) >= 11 is 1.50. The Balaban J connectivity index is 1.30. The Labute approximate surface area is 183 Å². The van der Waals surface area contributed by atoms with Crippen LogP contribution in [0.25, 0.3) is 10.2 Å². The number of carbonyl (C=O) groups excluding carboxylic acids is 1. The van der Waals surface area contributed by atoms with Crippen molar-refractivity contribution in [2.45, 2.75) is 50.4 Å². The molecular weight excluding hydrogens is 414 g/mol. The van der Waals surface area contributed by atoms with Crippen LogP contribution in [0.4, 0.5) is 22.5 Å². The van der Waals surface area contributed by atoms with Crippen molar-refractivity contribution >= 4 is 49.9 Å². The van der Waals surface area contributed by atoms with E-state index in [1.165, 1.54) is 11.3 Å². The van der Waals surface area contributed by atoms with E-state index in [0.29, 0.717) is 18.4 Å². The molecule has 1 aliphatic heterocycles. The molecule has 1 atom stereocenters. The summed E-state index contributed by atoms with van der Waals surface area (Å²) in [6, 6.07) is 11.8. The highest BCUT2D eigenvalue weighted by Gasteiger charge is 2.29. The standard InChI is InChI=1S/C22H25N5O3S/c28-15-7-4-13(5-8-15)23-19-2-1-3-20(25-19)26-22-24-17-9-6-14(10-18(17)31-22)27-12-16(29)11-21(27)30/h1-3,6,9-10,13,15-16,28-29H,4-5,7-8,11-12H2,(H2,23,24,25,26)/t13?,15?,16-/m1/s1. The fourth-order valence-electron chi connectivity index (χ4n) is 4.20. The third-order valence-corrected chi connectivity index (χ3v) is 6.75. The van der Waals surface area contributed by atoms with Gasteiger partial charge >= 0.3 is 0 Å². The molecule has 0 radical (unpaired) electrons. The lowest BCUT2D eigenvalue weighted by Crippen LogP contribution is -2.28. The van der Waals surface area contributed by atoms with Gasteiger partial charge in [-0.25, -0.2) is 9.97 Å². The van der Waals surface area contributed by atoms with Crippen molar-refractivity contribution in [3.63, 3.8) is 0 Å². The first-order chi connectivity index (χ1) is 15.0.